The molecular formula is C16H23N3O2. The first-order valence-corrected chi connectivity index (χ1v) is 7.53. The number of rotatable bonds is 9. The van der Waals surface area contributed by atoms with Crippen molar-refractivity contribution in [3.05, 3.63) is 47.7 Å². The summed E-state index contributed by atoms with van der Waals surface area (Å²) < 4.78 is 11.2. The van der Waals surface area contributed by atoms with Crippen LogP contribution in [0.3, 0.4) is 0 Å². The zero-order valence-electron chi connectivity index (χ0n) is 12.7. The quantitative estimate of drug-likeness (QED) is 0.719. The van der Waals surface area contributed by atoms with Gasteiger partial charge in [0.2, 0.25) is 11.8 Å². The van der Waals surface area contributed by atoms with Gasteiger partial charge in [-0.1, -0.05) is 44.2 Å². The maximum Gasteiger partial charge on any atom is 0.242 e. The van der Waals surface area contributed by atoms with E-state index in [-0.39, 0.29) is 6.04 Å². The van der Waals surface area contributed by atoms with E-state index in [2.05, 4.69) is 41.5 Å². The van der Waals surface area contributed by atoms with Crippen LogP contribution in [-0.2, 0) is 11.3 Å². The molecule has 0 saturated heterocycles. The first kappa shape index (κ1) is 15.7. The Morgan fingerprint density at radius 3 is 2.67 bits per heavy atom. The van der Waals surface area contributed by atoms with E-state index in [1.165, 1.54) is 0 Å². The fourth-order valence-corrected chi connectivity index (χ4v) is 2.03. The third kappa shape index (κ3) is 4.65. The number of nitrogens with one attached hydrogen (secondary N) is 1. The molecule has 1 aromatic carbocycles. The molecule has 2 rings (SSSR count). The molecule has 5 nitrogen and oxygen atoms in total. The highest BCUT2D eigenvalue weighted by Crippen LogP contribution is 2.21. The average Bonchev–Trinajstić information content (AvgIpc) is 2.98. The Hall–Kier alpha value is -1.72. The summed E-state index contributed by atoms with van der Waals surface area (Å²) in [6, 6.07) is 10.1. The lowest BCUT2D eigenvalue weighted by atomic mass is 10.1. The molecule has 0 aliphatic rings. The molecule has 0 amide bonds. The minimum atomic E-state index is -0.0708. The van der Waals surface area contributed by atoms with E-state index in [0.29, 0.717) is 25.0 Å². The van der Waals surface area contributed by atoms with Crippen LogP contribution in [0, 0.1) is 0 Å². The molecule has 2 aromatic rings. The number of nitrogens with zero attached hydrogens (tertiary/aromatic N) is 2. The summed E-state index contributed by atoms with van der Waals surface area (Å²) in [5.41, 5.74) is 1.12. The molecule has 1 unspecified atom stereocenters. The van der Waals surface area contributed by atoms with Crippen LogP contribution in [0.4, 0.5) is 0 Å². The minimum Gasteiger partial charge on any atom is -0.421 e. The first-order valence-electron chi connectivity index (χ1n) is 7.53. The molecule has 0 aliphatic carbocycles. The summed E-state index contributed by atoms with van der Waals surface area (Å²) in [5.74, 6) is 1.11. The van der Waals surface area contributed by atoms with Crippen molar-refractivity contribution in [1.29, 1.82) is 0 Å². The fraction of sp³-hybridized carbons (Fsp3) is 0.500. The summed E-state index contributed by atoms with van der Waals surface area (Å²) in [6.07, 6.45) is 2.02. The Balaban J connectivity index is 2.09. The van der Waals surface area contributed by atoms with Crippen molar-refractivity contribution in [2.24, 2.45) is 0 Å². The Morgan fingerprint density at radius 1 is 1.14 bits per heavy atom. The Labute approximate surface area is 125 Å². The normalized spacial score (nSPS) is 12.5. The predicted octanol–water partition coefficient (Wildman–Crippen LogP) is 3.09. The van der Waals surface area contributed by atoms with Gasteiger partial charge in [-0.05, 0) is 24.9 Å². The molecule has 0 aliphatic heterocycles. The molecule has 0 fully saturated rings. The number of ether oxygens (including phenoxy) is 1. The Morgan fingerprint density at radius 2 is 1.95 bits per heavy atom. The summed E-state index contributed by atoms with van der Waals surface area (Å²) in [7, 11) is 0. The van der Waals surface area contributed by atoms with Gasteiger partial charge < -0.3 is 14.5 Å². The smallest absolute Gasteiger partial charge is 0.242 e. The van der Waals surface area contributed by atoms with Gasteiger partial charge in [-0.3, -0.25) is 0 Å². The van der Waals surface area contributed by atoms with E-state index < -0.39 is 0 Å². The highest BCUT2D eigenvalue weighted by molar-refractivity contribution is 5.23. The van der Waals surface area contributed by atoms with Crippen LogP contribution < -0.4 is 5.32 Å². The van der Waals surface area contributed by atoms with Crippen molar-refractivity contribution in [3.63, 3.8) is 0 Å². The maximum absolute atomic E-state index is 5.73. The third-order valence-electron chi connectivity index (χ3n) is 3.03. The summed E-state index contributed by atoms with van der Waals surface area (Å²) in [6.45, 7) is 6.17. The summed E-state index contributed by atoms with van der Waals surface area (Å²) in [5, 5.41) is 11.7. The van der Waals surface area contributed by atoms with Gasteiger partial charge in [0.25, 0.3) is 0 Å². The van der Waals surface area contributed by atoms with E-state index in [0.717, 1.165) is 24.9 Å². The highest BCUT2D eigenvalue weighted by Gasteiger charge is 2.19. The van der Waals surface area contributed by atoms with Crippen LogP contribution in [0.2, 0.25) is 0 Å². The lowest BCUT2D eigenvalue weighted by molar-refractivity contribution is 0.102. The molecular weight excluding hydrogens is 266 g/mol. The molecule has 1 aromatic heterocycles. The van der Waals surface area contributed by atoms with Crippen LogP contribution in [-0.4, -0.2) is 23.3 Å². The lowest BCUT2D eigenvalue weighted by Crippen LogP contribution is -2.23. The van der Waals surface area contributed by atoms with Crippen molar-refractivity contribution >= 4 is 0 Å². The number of hydrogen-bond acceptors (Lipinski definition) is 5. The molecule has 0 spiro atoms. The second-order valence-corrected chi connectivity index (χ2v) is 4.88. The van der Waals surface area contributed by atoms with E-state index in [9.17, 15) is 0 Å². The van der Waals surface area contributed by atoms with Crippen LogP contribution in [0.25, 0.3) is 0 Å². The van der Waals surface area contributed by atoms with Gasteiger partial charge in [-0.15, -0.1) is 10.2 Å². The zero-order chi connectivity index (χ0) is 14.9. The van der Waals surface area contributed by atoms with Gasteiger partial charge in [0.15, 0.2) is 0 Å². The maximum atomic E-state index is 5.73. The van der Waals surface area contributed by atoms with Gasteiger partial charge in [0.1, 0.15) is 12.6 Å². The van der Waals surface area contributed by atoms with Crippen molar-refractivity contribution in [1.82, 2.24) is 15.5 Å². The van der Waals surface area contributed by atoms with Gasteiger partial charge in [-0.2, -0.15) is 0 Å². The molecule has 1 heterocycles. The standard InChI is InChI=1S/C16H23N3O2/c1-3-10-17-15(13-8-6-5-7-9-13)16-19-18-14(21-16)12-20-11-4-2/h5-9,15,17H,3-4,10-12H2,1-2H3. The topological polar surface area (TPSA) is 60.2 Å². The Bertz CT molecular complexity index is 513. The first-order chi connectivity index (χ1) is 10.3. The molecule has 0 radical (unpaired) electrons. The second-order valence-electron chi connectivity index (χ2n) is 4.88. The van der Waals surface area contributed by atoms with E-state index in [4.69, 9.17) is 9.15 Å². The molecule has 1 N–H and O–H groups in total. The van der Waals surface area contributed by atoms with E-state index in [1.54, 1.807) is 0 Å². The number of hydrogen-bond donors (Lipinski definition) is 1. The van der Waals surface area contributed by atoms with Crippen molar-refractivity contribution < 1.29 is 9.15 Å². The van der Waals surface area contributed by atoms with E-state index in [1.807, 2.05) is 18.2 Å². The van der Waals surface area contributed by atoms with Crippen LogP contribution in [0.1, 0.15) is 50.1 Å². The van der Waals surface area contributed by atoms with Crippen molar-refractivity contribution in [2.45, 2.75) is 39.3 Å². The second kappa shape index (κ2) is 8.54. The van der Waals surface area contributed by atoms with Crippen molar-refractivity contribution in [3.8, 4) is 0 Å². The zero-order valence-corrected chi connectivity index (χ0v) is 12.7. The van der Waals surface area contributed by atoms with E-state index >= 15 is 0 Å². The third-order valence-corrected chi connectivity index (χ3v) is 3.03. The monoisotopic (exact) mass is 289 g/mol. The largest absolute Gasteiger partial charge is 0.421 e. The fourth-order valence-electron chi connectivity index (χ4n) is 2.03. The van der Waals surface area contributed by atoms with Gasteiger partial charge in [0, 0.05) is 6.61 Å². The molecule has 0 bridgehead atoms. The lowest BCUT2D eigenvalue weighted by Gasteiger charge is -2.14. The molecule has 0 saturated carbocycles. The van der Waals surface area contributed by atoms with Gasteiger partial charge >= 0.3 is 0 Å². The summed E-state index contributed by atoms with van der Waals surface area (Å²) >= 11 is 0. The van der Waals surface area contributed by atoms with Gasteiger partial charge in [-0.25, -0.2) is 0 Å². The average molecular weight is 289 g/mol. The van der Waals surface area contributed by atoms with Gasteiger partial charge in [0.05, 0.1) is 0 Å². The van der Waals surface area contributed by atoms with Crippen LogP contribution >= 0.6 is 0 Å². The summed E-state index contributed by atoms with van der Waals surface area (Å²) in [4.78, 5) is 0. The Kier molecular flexibility index (Phi) is 6.37. The molecule has 1 atom stereocenters. The SMILES string of the molecule is CCCNC(c1ccccc1)c1nnc(COCCC)o1. The number of benzene rings is 1. The molecule has 21 heavy (non-hydrogen) atoms. The van der Waals surface area contributed by atoms with Crippen LogP contribution in [0.15, 0.2) is 34.7 Å². The molecule has 114 valence electrons. The minimum absolute atomic E-state index is 0.0708. The number of aromatic nitrogens is 2. The highest BCUT2D eigenvalue weighted by atomic mass is 16.5. The van der Waals surface area contributed by atoms with Crippen LogP contribution in [0.5, 0.6) is 0 Å². The predicted molar refractivity (Wildman–Crippen MR) is 80.8 cm³/mol. The van der Waals surface area contributed by atoms with Crippen molar-refractivity contribution in [2.75, 3.05) is 13.2 Å². The molecule has 5 heteroatoms.